The molecule has 0 spiro atoms. The number of aryl methyl sites for hydroxylation is 1. The fraction of sp³-hybridized carbons (Fsp3) is 0.727. The van der Waals surface area contributed by atoms with Gasteiger partial charge in [-0.05, 0) is 26.2 Å². The quantitative estimate of drug-likeness (QED) is 0.774. The Morgan fingerprint density at radius 3 is 3.00 bits per heavy atom. The molecule has 1 aliphatic rings. The molecule has 1 heterocycles. The van der Waals surface area contributed by atoms with Gasteiger partial charge in [-0.3, -0.25) is 0 Å². The zero-order valence-corrected chi connectivity index (χ0v) is 9.08. The van der Waals surface area contributed by atoms with Crippen LogP contribution in [0.4, 0.5) is 0 Å². The second kappa shape index (κ2) is 3.73. The predicted octanol–water partition coefficient (Wildman–Crippen LogP) is 1.94. The van der Waals surface area contributed by atoms with Crippen LogP contribution in [0.15, 0.2) is 12.4 Å². The van der Waals surface area contributed by atoms with Gasteiger partial charge in [-0.25, -0.2) is 4.98 Å². The topological polar surface area (TPSA) is 29.9 Å². The molecule has 0 amide bonds. The molecule has 0 aromatic carbocycles. The third-order valence-corrected chi connectivity index (χ3v) is 2.94. The standard InChI is InChI=1S/C11H19N3/c1-3-7-14-8-6-12-10(14)9-13-11(2)4-5-11/h6,8,13H,3-5,7,9H2,1-2H3. The Labute approximate surface area is 85.5 Å². The van der Waals surface area contributed by atoms with Gasteiger partial charge in [-0.1, -0.05) is 6.92 Å². The van der Waals surface area contributed by atoms with Crippen LogP contribution in [-0.4, -0.2) is 15.1 Å². The summed E-state index contributed by atoms with van der Waals surface area (Å²) in [6, 6.07) is 0. The predicted molar refractivity (Wildman–Crippen MR) is 57.0 cm³/mol. The molecule has 1 saturated carbocycles. The SMILES string of the molecule is CCCn1ccnc1CNC1(C)CC1. The van der Waals surface area contributed by atoms with E-state index in [4.69, 9.17) is 0 Å². The summed E-state index contributed by atoms with van der Waals surface area (Å²) in [7, 11) is 0. The molecule has 0 unspecified atom stereocenters. The third-order valence-electron chi connectivity index (χ3n) is 2.94. The fourth-order valence-electron chi connectivity index (χ4n) is 1.61. The fourth-order valence-corrected chi connectivity index (χ4v) is 1.61. The Morgan fingerprint density at radius 1 is 1.57 bits per heavy atom. The maximum absolute atomic E-state index is 4.37. The molecule has 14 heavy (non-hydrogen) atoms. The van der Waals surface area contributed by atoms with Gasteiger partial charge in [0.15, 0.2) is 0 Å². The summed E-state index contributed by atoms with van der Waals surface area (Å²) in [6.07, 6.45) is 7.74. The number of aromatic nitrogens is 2. The molecule has 3 nitrogen and oxygen atoms in total. The van der Waals surface area contributed by atoms with E-state index in [1.54, 1.807) is 0 Å². The molecule has 0 saturated heterocycles. The number of rotatable bonds is 5. The minimum absolute atomic E-state index is 0.406. The van der Waals surface area contributed by atoms with Crippen LogP contribution in [0.1, 0.15) is 38.9 Å². The lowest BCUT2D eigenvalue weighted by atomic mass is 10.3. The third kappa shape index (κ3) is 2.15. The van der Waals surface area contributed by atoms with Crippen LogP contribution in [0.3, 0.4) is 0 Å². The van der Waals surface area contributed by atoms with Crippen molar-refractivity contribution in [3.8, 4) is 0 Å². The lowest BCUT2D eigenvalue weighted by Gasteiger charge is -2.12. The smallest absolute Gasteiger partial charge is 0.122 e. The minimum Gasteiger partial charge on any atom is -0.334 e. The summed E-state index contributed by atoms with van der Waals surface area (Å²) in [5, 5.41) is 3.55. The lowest BCUT2D eigenvalue weighted by Crippen LogP contribution is -2.28. The van der Waals surface area contributed by atoms with Gasteiger partial charge in [0, 0.05) is 24.5 Å². The van der Waals surface area contributed by atoms with Crippen LogP contribution in [0, 0.1) is 0 Å². The molecule has 1 aliphatic carbocycles. The first-order valence-electron chi connectivity index (χ1n) is 5.48. The van der Waals surface area contributed by atoms with E-state index in [1.807, 2.05) is 6.20 Å². The largest absolute Gasteiger partial charge is 0.334 e. The Balaban J connectivity index is 1.91. The monoisotopic (exact) mass is 193 g/mol. The van der Waals surface area contributed by atoms with Crippen molar-refractivity contribution in [3.05, 3.63) is 18.2 Å². The number of imidazole rings is 1. The second-order valence-corrected chi connectivity index (χ2v) is 4.45. The molecule has 0 atom stereocenters. The summed E-state index contributed by atoms with van der Waals surface area (Å²) in [4.78, 5) is 4.37. The van der Waals surface area contributed by atoms with Crippen LogP contribution < -0.4 is 5.32 Å². The average Bonchev–Trinajstić information content (AvgIpc) is 2.75. The first-order chi connectivity index (χ1) is 6.73. The highest BCUT2D eigenvalue weighted by molar-refractivity contribution is 5.00. The summed E-state index contributed by atoms with van der Waals surface area (Å²) in [6.45, 7) is 6.46. The highest BCUT2D eigenvalue weighted by Gasteiger charge is 2.36. The van der Waals surface area contributed by atoms with E-state index >= 15 is 0 Å². The van der Waals surface area contributed by atoms with Gasteiger partial charge >= 0.3 is 0 Å². The summed E-state index contributed by atoms with van der Waals surface area (Å²) in [5.41, 5.74) is 0.406. The normalized spacial score (nSPS) is 18.4. The highest BCUT2D eigenvalue weighted by atomic mass is 15.1. The van der Waals surface area contributed by atoms with E-state index < -0.39 is 0 Å². The zero-order valence-electron chi connectivity index (χ0n) is 9.08. The summed E-state index contributed by atoms with van der Waals surface area (Å²) < 4.78 is 2.23. The summed E-state index contributed by atoms with van der Waals surface area (Å²) >= 11 is 0. The summed E-state index contributed by atoms with van der Waals surface area (Å²) in [5.74, 6) is 1.17. The van der Waals surface area contributed by atoms with E-state index in [1.165, 1.54) is 25.1 Å². The Hall–Kier alpha value is -0.830. The van der Waals surface area contributed by atoms with Gasteiger partial charge in [0.1, 0.15) is 5.82 Å². The highest BCUT2D eigenvalue weighted by Crippen LogP contribution is 2.34. The molecular formula is C11H19N3. The molecule has 0 radical (unpaired) electrons. The van der Waals surface area contributed by atoms with E-state index in [-0.39, 0.29) is 0 Å². The number of nitrogens with zero attached hydrogens (tertiary/aromatic N) is 2. The molecule has 3 heteroatoms. The van der Waals surface area contributed by atoms with Crippen molar-refractivity contribution < 1.29 is 0 Å². The van der Waals surface area contributed by atoms with Gasteiger partial charge < -0.3 is 9.88 Å². The molecular weight excluding hydrogens is 174 g/mol. The molecule has 2 rings (SSSR count). The van der Waals surface area contributed by atoms with Crippen molar-refractivity contribution in [1.82, 2.24) is 14.9 Å². The van der Waals surface area contributed by atoms with Crippen LogP contribution in [0.2, 0.25) is 0 Å². The number of hydrogen-bond acceptors (Lipinski definition) is 2. The zero-order chi connectivity index (χ0) is 10.0. The van der Waals surface area contributed by atoms with E-state index in [0.717, 1.165) is 13.1 Å². The van der Waals surface area contributed by atoms with Gasteiger partial charge in [0.25, 0.3) is 0 Å². The molecule has 1 aromatic rings. The van der Waals surface area contributed by atoms with Crippen LogP contribution in [0.5, 0.6) is 0 Å². The van der Waals surface area contributed by atoms with Crippen molar-refractivity contribution >= 4 is 0 Å². The lowest BCUT2D eigenvalue weighted by molar-refractivity contribution is 0.506. The van der Waals surface area contributed by atoms with Crippen molar-refractivity contribution in [2.45, 2.75) is 51.7 Å². The van der Waals surface area contributed by atoms with Crippen LogP contribution in [-0.2, 0) is 13.1 Å². The van der Waals surface area contributed by atoms with Gasteiger partial charge in [0.2, 0.25) is 0 Å². The molecule has 1 fully saturated rings. The van der Waals surface area contributed by atoms with Crippen molar-refractivity contribution in [2.24, 2.45) is 0 Å². The van der Waals surface area contributed by atoms with Crippen molar-refractivity contribution in [1.29, 1.82) is 0 Å². The second-order valence-electron chi connectivity index (χ2n) is 4.45. The first-order valence-corrected chi connectivity index (χ1v) is 5.48. The molecule has 1 N–H and O–H groups in total. The number of nitrogens with one attached hydrogen (secondary N) is 1. The maximum Gasteiger partial charge on any atom is 0.122 e. The first kappa shape index (κ1) is 9.71. The Bertz CT molecular complexity index is 299. The maximum atomic E-state index is 4.37. The Kier molecular flexibility index (Phi) is 2.59. The molecule has 1 aromatic heterocycles. The van der Waals surface area contributed by atoms with E-state index in [9.17, 15) is 0 Å². The Morgan fingerprint density at radius 2 is 2.36 bits per heavy atom. The van der Waals surface area contributed by atoms with Crippen LogP contribution in [0.25, 0.3) is 0 Å². The van der Waals surface area contributed by atoms with Gasteiger partial charge in [-0.2, -0.15) is 0 Å². The minimum atomic E-state index is 0.406. The van der Waals surface area contributed by atoms with Crippen molar-refractivity contribution in [2.75, 3.05) is 0 Å². The molecule has 0 aliphatic heterocycles. The molecule has 78 valence electrons. The van der Waals surface area contributed by atoms with Gasteiger partial charge in [0.05, 0.1) is 6.54 Å². The van der Waals surface area contributed by atoms with Gasteiger partial charge in [-0.15, -0.1) is 0 Å². The molecule has 0 bridgehead atoms. The van der Waals surface area contributed by atoms with Crippen LogP contribution >= 0.6 is 0 Å². The average molecular weight is 193 g/mol. The van der Waals surface area contributed by atoms with E-state index in [0.29, 0.717) is 5.54 Å². The number of hydrogen-bond donors (Lipinski definition) is 1. The van der Waals surface area contributed by atoms with Crippen molar-refractivity contribution in [3.63, 3.8) is 0 Å². The van der Waals surface area contributed by atoms with E-state index in [2.05, 4.69) is 34.9 Å².